The van der Waals surface area contributed by atoms with Gasteiger partial charge in [0.2, 0.25) is 6.41 Å². The third kappa shape index (κ3) is 5.39. The van der Waals surface area contributed by atoms with E-state index >= 15 is 0 Å². The van der Waals surface area contributed by atoms with E-state index in [9.17, 15) is 4.79 Å². The molecule has 0 aliphatic heterocycles. The molecule has 0 aromatic carbocycles. The number of hydrogen-bond acceptors (Lipinski definition) is 3. The highest BCUT2D eigenvalue weighted by atomic mass is 16.5. The fourth-order valence-corrected chi connectivity index (χ4v) is 0.154. The van der Waals surface area contributed by atoms with Crippen LogP contribution in [0.4, 0.5) is 0 Å². The second kappa shape index (κ2) is 3.58. The van der Waals surface area contributed by atoms with Crippen LogP contribution in [0.25, 0.3) is 0 Å². The second-order valence-electron chi connectivity index (χ2n) is 1.01. The molecule has 0 aromatic heterocycles. The van der Waals surface area contributed by atoms with Gasteiger partial charge in [-0.05, 0) is 0 Å². The average molecular weight is 105 g/mol. The normalized spacial score (nSPS) is 9.00. The van der Waals surface area contributed by atoms with E-state index in [0.717, 1.165) is 0 Å². The molecule has 0 radical (unpaired) electrons. The van der Waals surface area contributed by atoms with E-state index in [1.807, 2.05) is 0 Å². The smallest absolute Gasteiger partial charge is 0.207 e. The highest BCUT2D eigenvalue weighted by Gasteiger charge is 1.90. The Morgan fingerprint density at radius 3 is 2.43 bits per heavy atom. The first kappa shape index (κ1) is 6.39. The van der Waals surface area contributed by atoms with E-state index in [2.05, 4.69) is 5.32 Å². The summed E-state index contributed by atoms with van der Waals surface area (Å²) in [4.78, 5) is 9.38. The van der Waals surface area contributed by atoms with Crippen LogP contribution in [-0.4, -0.2) is 29.5 Å². The lowest BCUT2D eigenvalue weighted by Gasteiger charge is -1.97. The number of nitrogens with one attached hydrogen (secondary N) is 1. The Morgan fingerprint density at radius 1 is 1.71 bits per heavy atom. The molecule has 0 saturated carbocycles. The van der Waals surface area contributed by atoms with Crippen LogP contribution in [0, 0.1) is 0 Å². The molecule has 0 rings (SSSR count). The van der Waals surface area contributed by atoms with Crippen molar-refractivity contribution < 1.29 is 15.0 Å². The zero-order valence-electron chi connectivity index (χ0n) is 3.66. The molecule has 0 fully saturated rings. The molecule has 1 amide bonds. The number of aliphatic hydroxyl groups excluding tert-OH is 1. The Labute approximate surface area is 40.8 Å². The fraction of sp³-hybridized carbons (Fsp3) is 0.667. The standard InChI is InChI=1S/C3H7NO3/c5-2-4-1-3(6)7/h2-3,6-7H,1H2,(H,4,5). The first-order chi connectivity index (χ1) is 3.27. The number of hydrogen-bond donors (Lipinski definition) is 3. The SMILES string of the molecule is O=CNCC(O)O. The summed E-state index contributed by atoms with van der Waals surface area (Å²) in [6.45, 7) is -0.108. The Hall–Kier alpha value is -0.610. The topological polar surface area (TPSA) is 69.6 Å². The molecule has 4 nitrogen and oxygen atoms in total. The van der Waals surface area contributed by atoms with Gasteiger partial charge >= 0.3 is 0 Å². The monoisotopic (exact) mass is 105 g/mol. The molecule has 0 aliphatic rings. The zero-order valence-corrected chi connectivity index (χ0v) is 3.66. The van der Waals surface area contributed by atoms with Crippen molar-refractivity contribution >= 4 is 6.41 Å². The molecule has 0 unspecified atom stereocenters. The highest BCUT2D eigenvalue weighted by Crippen LogP contribution is 1.63. The Balaban J connectivity index is 2.81. The van der Waals surface area contributed by atoms with Gasteiger partial charge in [0.1, 0.15) is 0 Å². The molecule has 0 spiro atoms. The summed E-state index contributed by atoms with van der Waals surface area (Å²) in [5.74, 6) is 0. The van der Waals surface area contributed by atoms with Crippen molar-refractivity contribution in [3.63, 3.8) is 0 Å². The van der Waals surface area contributed by atoms with Crippen molar-refractivity contribution in [2.75, 3.05) is 6.54 Å². The van der Waals surface area contributed by atoms with Gasteiger partial charge in [0.15, 0.2) is 6.29 Å². The predicted molar refractivity (Wildman–Crippen MR) is 22.3 cm³/mol. The molecule has 0 heterocycles. The molecule has 0 saturated heterocycles. The minimum atomic E-state index is -1.44. The lowest BCUT2D eigenvalue weighted by molar-refractivity contribution is -0.111. The Kier molecular flexibility index (Phi) is 3.26. The Morgan fingerprint density at radius 2 is 2.29 bits per heavy atom. The number of amides is 1. The summed E-state index contributed by atoms with van der Waals surface area (Å²) in [6, 6.07) is 0. The molecule has 0 aliphatic carbocycles. The fourth-order valence-electron chi connectivity index (χ4n) is 0.154. The van der Waals surface area contributed by atoms with Gasteiger partial charge in [-0.1, -0.05) is 0 Å². The van der Waals surface area contributed by atoms with Gasteiger partial charge in [0.05, 0.1) is 6.54 Å². The number of rotatable bonds is 3. The van der Waals surface area contributed by atoms with Crippen LogP contribution in [-0.2, 0) is 4.79 Å². The van der Waals surface area contributed by atoms with Gasteiger partial charge in [0, 0.05) is 0 Å². The molecule has 3 N–H and O–H groups in total. The second-order valence-corrected chi connectivity index (χ2v) is 1.01. The van der Waals surface area contributed by atoms with Gasteiger partial charge in [-0.3, -0.25) is 4.79 Å². The summed E-state index contributed by atoms with van der Waals surface area (Å²) >= 11 is 0. The minimum absolute atomic E-state index is 0.108. The van der Waals surface area contributed by atoms with Gasteiger partial charge in [-0.25, -0.2) is 0 Å². The molecular weight excluding hydrogens is 98.0 g/mol. The van der Waals surface area contributed by atoms with Crippen LogP contribution in [0.5, 0.6) is 0 Å². The minimum Gasteiger partial charge on any atom is -0.367 e. The van der Waals surface area contributed by atoms with E-state index in [1.165, 1.54) is 0 Å². The van der Waals surface area contributed by atoms with Gasteiger partial charge in [-0.2, -0.15) is 0 Å². The maximum atomic E-state index is 9.38. The average Bonchev–Trinajstić information content (AvgIpc) is 1.61. The number of carbonyl (C=O) groups excluding carboxylic acids is 1. The molecular formula is C3H7NO3. The van der Waals surface area contributed by atoms with Crippen molar-refractivity contribution in [2.24, 2.45) is 0 Å². The lowest BCUT2D eigenvalue weighted by Crippen LogP contribution is -2.24. The highest BCUT2D eigenvalue weighted by molar-refractivity contribution is 5.45. The number of carbonyl (C=O) groups is 1. The summed E-state index contributed by atoms with van der Waals surface area (Å²) in [5, 5.41) is 18.1. The quantitative estimate of drug-likeness (QED) is 0.288. The summed E-state index contributed by atoms with van der Waals surface area (Å²) in [7, 11) is 0. The molecule has 4 heteroatoms. The predicted octanol–water partition coefficient (Wildman–Crippen LogP) is -1.96. The lowest BCUT2D eigenvalue weighted by atomic mass is 10.6. The first-order valence-electron chi connectivity index (χ1n) is 1.80. The Bertz CT molecular complexity index is 54.1. The van der Waals surface area contributed by atoms with Crippen molar-refractivity contribution in [3.05, 3.63) is 0 Å². The summed E-state index contributed by atoms with van der Waals surface area (Å²) < 4.78 is 0. The molecule has 0 atom stereocenters. The van der Waals surface area contributed by atoms with Crippen LogP contribution in [0.1, 0.15) is 0 Å². The van der Waals surface area contributed by atoms with Crippen LogP contribution in [0.3, 0.4) is 0 Å². The maximum absolute atomic E-state index is 9.38. The van der Waals surface area contributed by atoms with Gasteiger partial charge in [-0.15, -0.1) is 0 Å². The largest absolute Gasteiger partial charge is 0.367 e. The van der Waals surface area contributed by atoms with Crippen molar-refractivity contribution in [2.45, 2.75) is 6.29 Å². The van der Waals surface area contributed by atoms with Crippen molar-refractivity contribution in [3.8, 4) is 0 Å². The van der Waals surface area contributed by atoms with E-state index in [-0.39, 0.29) is 6.54 Å². The number of aliphatic hydroxyl groups is 2. The van der Waals surface area contributed by atoms with Crippen LogP contribution >= 0.6 is 0 Å². The van der Waals surface area contributed by atoms with Crippen molar-refractivity contribution in [1.82, 2.24) is 5.32 Å². The van der Waals surface area contributed by atoms with Gasteiger partial charge in [0.25, 0.3) is 0 Å². The van der Waals surface area contributed by atoms with E-state index in [4.69, 9.17) is 10.2 Å². The van der Waals surface area contributed by atoms with E-state index in [0.29, 0.717) is 6.41 Å². The summed E-state index contributed by atoms with van der Waals surface area (Å²) in [5.41, 5.74) is 0. The van der Waals surface area contributed by atoms with E-state index in [1.54, 1.807) is 0 Å². The maximum Gasteiger partial charge on any atom is 0.207 e. The van der Waals surface area contributed by atoms with E-state index < -0.39 is 6.29 Å². The third-order valence-corrected chi connectivity index (χ3v) is 0.384. The van der Waals surface area contributed by atoms with Crippen LogP contribution in [0.15, 0.2) is 0 Å². The summed E-state index contributed by atoms with van der Waals surface area (Å²) in [6.07, 6.45) is -1.04. The molecule has 42 valence electrons. The molecule has 0 aromatic rings. The van der Waals surface area contributed by atoms with Crippen LogP contribution < -0.4 is 5.32 Å². The van der Waals surface area contributed by atoms with Crippen LogP contribution in [0.2, 0.25) is 0 Å². The third-order valence-electron chi connectivity index (χ3n) is 0.384. The van der Waals surface area contributed by atoms with Gasteiger partial charge < -0.3 is 15.5 Å². The zero-order chi connectivity index (χ0) is 5.70. The van der Waals surface area contributed by atoms with Crippen molar-refractivity contribution in [1.29, 1.82) is 0 Å². The molecule has 0 bridgehead atoms. The molecule has 7 heavy (non-hydrogen) atoms. The first-order valence-corrected chi connectivity index (χ1v) is 1.80.